The number of aliphatic hydroxyl groups excluding tert-OH is 1. The minimum Gasteiger partial charge on any atom is -0.480 e. The van der Waals surface area contributed by atoms with Crippen molar-refractivity contribution in [2.24, 2.45) is 0 Å². The highest BCUT2D eigenvalue weighted by Gasteiger charge is 2.22. The molecule has 2 aromatic rings. The summed E-state index contributed by atoms with van der Waals surface area (Å²) >= 11 is 0. The first-order valence-corrected chi connectivity index (χ1v) is 7.34. The van der Waals surface area contributed by atoms with Gasteiger partial charge < -0.3 is 10.2 Å². The van der Waals surface area contributed by atoms with E-state index in [1.165, 1.54) is 0 Å². The molecule has 6 nitrogen and oxygen atoms in total. The molecule has 0 aliphatic carbocycles. The Morgan fingerprint density at radius 1 is 1.27 bits per heavy atom. The summed E-state index contributed by atoms with van der Waals surface area (Å²) in [7, 11) is 0. The number of benzene rings is 1. The van der Waals surface area contributed by atoms with Gasteiger partial charge in [0.05, 0.1) is 24.5 Å². The zero-order valence-corrected chi connectivity index (χ0v) is 12.2. The van der Waals surface area contributed by atoms with Gasteiger partial charge in [-0.3, -0.25) is 14.4 Å². The van der Waals surface area contributed by atoms with Crippen molar-refractivity contribution in [3.8, 4) is 0 Å². The van der Waals surface area contributed by atoms with Crippen LogP contribution in [0.25, 0.3) is 0 Å². The number of carboxylic acids is 1. The highest BCUT2D eigenvalue weighted by molar-refractivity contribution is 5.69. The van der Waals surface area contributed by atoms with E-state index in [2.05, 4.69) is 5.10 Å². The molecule has 0 spiro atoms. The molecule has 116 valence electrons. The Kier molecular flexibility index (Phi) is 4.22. The SMILES string of the molecule is O=C(O)CN1CCn2nc(C(O)Cc3ccccc3)cc2C1. The first-order chi connectivity index (χ1) is 10.6. The molecule has 0 radical (unpaired) electrons. The lowest BCUT2D eigenvalue weighted by Crippen LogP contribution is -2.37. The van der Waals surface area contributed by atoms with Crippen molar-refractivity contribution in [1.29, 1.82) is 0 Å². The molecular formula is C16H19N3O3. The Balaban J connectivity index is 1.69. The molecule has 0 bridgehead atoms. The molecule has 2 N–H and O–H groups in total. The highest BCUT2D eigenvalue weighted by Crippen LogP contribution is 2.21. The van der Waals surface area contributed by atoms with Crippen molar-refractivity contribution < 1.29 is 15.0 Å². The molecule has 1 aliphatic rings. The summed E-state index contributed by atoms with van der Waals surface area (Å²) in [4.78, 5) is 12.7. The summed E-state index contributed by atoms with van der Waals surface area (Å²) in [6.45, 7) is 1.90. The molecule has 1 aromatic carbocycles. The molecule has 0 saturated carbocycles. The van der Waals surface area contributed by atoms with E-state index in [1.54, 1.807) is 0 Å². The van der Waals surface area contributed by atoms with Crippen LogP contribution in [0.5, 0.6) is 0 Å². The number of carbonyl (C=O) groups is 1. The normalized spacial score (nSPS) is 16.2. The number of fused-ring (bicyclic) bond motifs is 1. The van der Waals surface area contributed by atoms with E-state index in [1.807, 2.05) is 46.0 Å². The molecular weight excluding hydrogens is 282 g/mol. The van der Waals surface area contributed by atoms with Gasteiger partial charge in [0.1, 0.15) is 6.10 Å². The summed E-state index contributed by atoms with van der Waals surface area (Å²) in [5, 5.41) is 23.7. The van der Waals surface area contributed by atoms with Crippen molar-refractivity contribution >= 4 is 5.97 Å². The van der Waals surface area contributed by atoms with Crippen LogP contribution in [0, 0.1) is 0 Å². The maximum atomic E-state index is 10.8. The fourth-order valence-electron chi connectivity index (χ4n) is 2.77. The van der Waals surface area contributed by atoms with Crippen LogP contribution in [0.1, 0.15) is 23.1 Å². The number of aliphatic carboxylic acids is 1. The van der Waals surface area contributed by atoms with Gasteiger partial charge >= 0.3 is 5.97 Å². The average Bonchev–Trinajstić information content (AvgIpc) is 2.91. The number of aromatic nitrogens is 2. The number of carboxylic acid groups (broad SMARTS) is 1. The summed E-state index contributed by atoms with van der Waals surface area (Å²) in [6, 6.07) is 11.7. The minimum atomic E-state index is -0.822. The molecule has 1 aliphatic heterocycles. The van der Waals surface area contributed by atoms with Crippen LogP contribution in [-0.2, 0) is 24.3 Å². The Morgan fingerprint density at radius 3 is 2.77 bits per heavy atom. The summed E-state index contributed by atoms with van der Waals surface area (Å²) in [6.07, 6.45) is -0.121. The quantitative estimate of drug-likeness (QED) is 0.863. The van der Waals surface area contributed by atoms with Crippen molar-refractivity contribution in [1.82, 2.24) is 14.7 Å². The summed E-state index contributed by atoms with van der Waals surface area (Å²) < 4.78 is 1.86. The van der Waals surface area contributed by atoms with Gasteiger partial charge in [-0.25, -0.2) is 0 Å². The Hall–Kier alpha value is -2.18. The molecule has 6 heteroatoms. The van der Waals surface area contributed by atoms with Crippen LogP contribution in [0.4, 0.5) is 0 Å². The van der Waals surface area contributed by atoms with Gasteiger partial charge in [0, 0.05) is 19.5 Å². The average molecular weight is 301 g/mol. The van der Waals surface area contributed by atoms with Gasteiger partial charge in [-0.2, -0.15) is 5.10 Å². The number of hydrogen-bond acceptors (Lipinski definition) is 4. The van der Waals surface area contributed by atoms with Crippen molar-refractivity contribution in [2.45, 2.75) is 25.6 Å². The molecule has 0 amide bonds. The largest absolute Gasteiger partial charge is 0.480 e. The Labute approximate surface area is 128 Å². The third kappa shape index (κ3) is 3.35. The fourth-order valence-corrected chi connectivity index (χ4v) is 2.77. The van der Waals surface area contributed by atoms with Gasteiger partial charge in [-0.1, -0.05) is 30.3 Å². The van der Waals surface area contributed by atoms with Crippen molar-refractivity contribution in [3.63, 3.8) is 0 Å². The topological polar surface area (TPSA) is 78.6 Å². The lowest BCUT2D eigenvalue weighted by atomic mass is 10.1. The zero-order valence-electron chi connectivity index (χ0n) is 12.2. The van der Waals surface area contributed by atoms with Gasteiger partial charge in [-0.05, 0) is 11.6 Å². The fraction of sp³-hybridized carbons (Fsp3) is 0.375. The molecule has 2 heterocycles. The van der Waals surface area contributed by atoms with E-state index >= 15 is 0 Å². The first-order valence-electron chi connectivity index (χ1n) is 7.34. The third-order valence-corrected chi connectivity index (χ3v) is 3.87. The number of rotatable bonds is 5. The monoisotopic (exact) mass is 301 g/mol. The molecule has 1 atom stereocenters. The molecule has 0 saturated heterocycles. The van der Waals surface area contributed by atoms with E-state index in [0.717, 1.165) is 11.3 Å². The first kappa shape index (κ1) is 14.7. The van der Waals surface area contributed by atoms with Crippen LogP contribution < -0.4 is 0 Å². The van der Waals surface area contributed by atoms with E-state index in [0.29, 0.717) is 31.7 Å². The second-order valence-electron chi connectivity index (χ2n) is 5.59. The summed E-state index contributed by atoms with van der Waals surface area (Å²) in [5.74, 6) is -0.822. The second kappa shape index (κ2) is 6.29. The van der Waals surface area contributed by atoms with Gasteiger partial charge in [0.2, 0.25) is 0 Å². The molecule has 22 heavy (non-hydrogen) atoms. The van der Waals surface area contributed by atoms with Crippen LogP contribution in [0.2, 0.25) is 0 Å². The van der Waals surface area contributed by atoms with Crippen LogP contribution in [0.3, 0.4) is 0 Å². The zero-order chi connectivity index (χ0) is 15.5. The lowest BCUT2D eigenvalue weighted by Gasteiger charge is -2.25. The van der Waals surface area contributed by atoms with Gasteiger partial charge in [0.25, 0.3) is 0 Å². The van der Waals surface area contributed by atoms with Crippen LogP contribution in [-0.4, -0.2) is 44.0 Å². The van der Waals surface area contributed by atoms with E-state index in [4.69, 9.17) is 5.11 Å². The maximum Gasteiger partial charge on any atom is 0.317 e. The highest BCUT2D eigenvalue weighted by atomic mass is 16.4. The Morgan fingerprint density at radius 2 is 2.05 bits per heavy atom. The molecule has 1 aromatic heterocycles. The second-order valence-corrected chi connectivity index (χ2v) is 5.59. The van der Waals surface area contributed by atoms with Gasteiger partial charge in [-0.15, -0.1) is 0 Å². The molecule has 0 fully saturated rings. The molecule has 3 rings (SSSR count). The lowest BCUT2D eigenvalue weighted by molar-refractivity contribution is -0.138. The van der Waals surface area contributed by atoms with Gasteiger partial charge in [0.15, 0.2) is 0 Å². The maximum absolute atomic E-state index is 10.8. The van der Waals surface area contributed by atoms with Crippen molar-refractivity contribution in [3.05, 3.63) is 53.3 Å². The van der Waals surface area contributed by atoms with E-state index < -0.39 is 12.1 Å². The Bertz CT molecular complexity index is 654. The summed E-state index contributed by atoms with van der Waals surface area (Å²) in [5.41, 5.74) is 2.67. The third-order valence-electron chi connectivity index (χ3n) is 3.87. The standard InChI is InChI=1S/C16H19N3O3/c20-15(8-12-4-2-1-3-5-12)14-9-13-10-18(11-16(21)22)6-7-19(13)17-14/h1-5,9,15,20H,6-8,10-11H2,(H,21,22). The number of aliphatic hydroxyl groups is 1. The molecule has 1 unspecified atom stereocenters. The van der Waals surface area contributed by atoms with E-state index in [9.17, 15) is 9.90 Å². The van der Waals surface area contributed by atoms with Crippen LogP contribution >= 0.6 is 0 Å². The number of nitrogens with zero attached hydrogens (tertiary/aromatic N) is 3. The predicted octanol–water partition coefficient (Wildman–Crippen LogP) is 1.06. The number of hydrogen-bond donors (Lipinski definition) is 2. The smallest absolute Gasteiger partial charge is 0.317 e. The van der Waals surface area contributed by atoms with E-state index in [-0.39, 0.29) is 6.54 Å². The minimum absolute atomic E-state index is 0.0348. The van der Waals surface area contributed by atoms with Crippen molar-refractivity contribution in [2.75, 3.05) is 13.1 Å². The van der Waals surface area contributed by atoms with Crippen LogP contribution in [0.15, 0.2) is 36.4 Å². The predicted molar refractivity (Wildman–Crippen MR) is 80.2 cm³/mol.